The highest BCUT2D eigenvalue weighted by molar-refractivity contribution is 6.39. The summed E-state index contributed by atoms with van der Waals surface area (Å²) in [7, 11) is 0. The van der Waals surface area contributed by atoms with Gasteiger partial charge in [0.2, 0.25) is 0 Å². The molecule has 0 fully saturated rings. The summed E-state index contributed by atoms with van der Waals surface area (Å²) in [6, 6.07) is 13.6. The van der Waals surface area contributed by atoms with Gasteiger partial charge >= 0.3 is 18.3 Å². The molecular weight excluding hydrogens is 721 g/mol. The second-order valence-electron chi connectivity index (χ2n) is 10.5. The van der Waals surface area contributed by atoms with Crippen LogP contribution in [0.15, 0.2) is 72.9 Å². The summed E-state index contributed by atoms with van der Waals surface area (Å²) in [5.41, 5.74) is -0.479. The Morgan fingerprint density at radius 3 is 1.96 bits per heavy atom. The average molecular weight is 744 g/mol. The first-order chi connectivity index (χ1) is 22.9. The van der Waals surface area contributed by atoms with E-state index in [-0.39, 0.29) is 38.8 Å². The van der Waals surface area contributed by atoms with E-state index in [0.29, 0.717) is 22.3 Å². The van der Waals surface area contributed by atoms with E-state index in [1.165, 1.54) is 42.6 Å². The molecule has 0 unspecified atom stereocenters. The third-order valence-electron chi connectivity index (χ3n) is 6.97. The van der Waals surface area contributed by atoms with Gasteiger partial charge in [0.05, 0.1) is 37.9 Å². The maximum atomic E-state index is 13.7. The maximum absolute atomic E-state index is 13.7. The van der Waals surface area contributed by atoms with Crippen LogP contribution in [0.3, 0.4) is 0 Å². The highest BCUT2D eigenvalue weighted by Crippen LogP contribution is 2.39. The number of aryl methyl sites for hydroxylation is 2. The molecule has 1 atom stereocenters. The number of pyridine rings is 3. The fraction of sp³-hybridized carbons (Fsp3) is 0.182. The molecule has 7 nitrogen and oxygen atoms in total. The van der Waals surface area contributed by atoms with E-state index < -0.39 is 46.6 Å². The highest BCUT2D eigenvalue weighted by Gasteiger charge is 2.36. The molecule has 0 radical (unpaired) electrons. The minimum atomic E-state index is -4.64. The number of carboxylic acids is 1. The molecule has 0 aliphatic carbocycles. The molecule has 5 aromatic rings. The molecule has 0 saturated carbocycles. The first-order valence-corrected chi connectivity index (χ1v) is 15.1. The van der Waals surface area contributed by atoms with Gasteiger partial charge in [-0.3, -0.25) is 14.8 Å². The van der Waals surface area contributed by atoms with E-state index in [4.69, 9.17) is 34.8 Å². The van der Waals surface area contributed by atoms with E-state index in [1.807, 2.05) is 0 Å². The molecule has 3 heterocycles. The summed E-state index contributed by atoms with van der Waals surface area (Å²) in [6.07, 6.45) is -7.82. The summed E-state index contributed by atoms with van der Waals surface area (Å²) in [6.45, 7) is 3.16. The van der Waals surface area contributed by atoms with Gasteiger partial charge in [-0.25, -0.2) is 9.78 Å². The van der Waals surface area contributed by atoms with Crippen LogP contribution in [0.25, 0.3) is 22.2 Å². The number of hydrogen-bond donors (Lipinski definition) is 2. The number of alkyl halides is 6. The van der Waals surface area contributed by atoms with Crippen LogP contribution < -0.4 is 5.32 Å². The Kier molecular flexibility index (Phi) is 11.4. The normalized spacial score (nSPS) is 12.2. The summed E-state index contributed by atoms with van der Waals surface area (Å²) in [5.74, 6) is -2.10. The standard InChI is InChI=1S/C26H18Cl2F3N3O3.C7H5ClF3N/c1-13-7-10-17(26(29,30)31)23(33-13)16-9-8-14(15-4-3-11-32-22(15)16)12-20(25(36)37)34-24(35)21-18(27)5-2-6-19(21)28;1-4-2-3-5(6(8)12-4)7(9,10)11/h2-11,20H,12H2,1H3,(H,34,35)(H,36,37);2-3H,1H3/t20-;/m0./s1. The second-order valence-corrected chi connectivity index (χ2v) is 11.6. The minimum absolute atomic E-state index is 0.0549. The van der Waals surface area contributed by atoms with Gasteiger partial charge in [0.15, 0.2) is 0 Å². The Balaban J connectivity index is 0.000000380. The molecule has 16 heteroatoms. The van der Waals surface area contributed by atoms with Crippen LogP contribution >= 0.6 is 34.8 Å². The van der Waals surface area contributed by atoms with Gasteiger partial charge in [0, 0.05) is 35.0 Å². The third kappa shape index (κ3) is 8.97. The van der Waals surface area contributed by atoms with Gasteiger partial charge in [-0.15, -0.1) is 0 Å². The van der Waals surface area contributed by atoms with Gasteiger partial charge in [-0.05, 0) is 61.9 Å². The smallest absolute Gasteiger partial charge is 0.419 e. The third-order valence-corrected chi connectivity index (χ3v) is 7.88. The molecular formula is C33H23Cl3F6N4O3. The number of hydrogen-bond acceptors (Lipinski definition) is 5. The van der Waals surface area contributed by atoms with Crippen molar-refractivity contribution in [3.63, 3.8) is 0 Å². The van der Waals surface area contributed by atoms with Crippen molar-refractivity contribution in [3.8, 4) is 11.3 Å². The Labute approximate surface area is 289 Å². The molecule has 0 aliphatic heterocycles. The van der Waals surface area contributed by atoms with Crippen molar-refractivity contribution in [1.29, 1.82) is 0 Å². The topological polar surface area (TPSA) is 105 Å². The predicted molar refractivity (Wildman–Crippen MR) is 173 cm³/mol. The number of nitrogens with one attached hydrogen (secondary N) is 1. The van der Waals surface area contributed by atoms with Crippen molar-refractivity contribution in [2.75, 3.05) is 0 Å². The maximum Gasteiger partial charge on any atom is 0.419 e. The van der Waals surface area contributed by atoms with Crippen LogP contribution in [0.4, 0.5) is 26.3 Å². The van der Waals surface area contributed by atoms with Crippen molar-refractivity contribution >= 4 is 57.6 Å². The van der Waals surface area contributed by atoms with Crippen molar-refractivity contribution in [1.82, 2.24) is 20.3 Å². The molecule has 2 aromatic carbocycles. The number of aliphatic carboxylic acids is 1. The number of carbonyl (C=O) groups excluding carboxylic acids is 1. The summed E-state index contributed by atoms with van der Waals surface area (Å²) >= 11 is 17.4. The lowest BCUT2D eigenvalue weighted by Crippen LogP contribution is -2.42. The van der Waals surface area contributed by atoms with E-state index in [2.05, 4.69) is 20.3 Å². The quantitative estimate of drug-likeness (QED) is 0.133. The van der Waals surface area contributed by atoms with Crippen LogP contribution in [0.1, 0.15) is 38.4 Å². The van der Waals surface area contributed by atoms with E-state index in [1.54, 1.807) is 32.0 Å². The van der Waals surface area contributed by atoms with Crippen LogP contribution in [-0.4, -0.2) is 38.0 Å². The number of aromatic nitrogens is 3. The molecule has 0 aliphatic rings. The first kappa shape index (κ1) is 37.4. The van der Waals surface area contributed by atoms with Crippen LogP contribution in [0.5, 0.6) is 0 Å². The van der Waals surface area contributed by atoms with Gasteiger partial charge in [-0.1, -0.05) is 59.1 Å². The lowest BCUT2D eigenvalue weighted by atomic mass is 9.95. The number of carboxylic acid groups (broad SMARTS) is 1. The van der Waals surface area contributed by atoms with Gasteiger partial charge < -0.3 is 10.4 Å². The summed E-state index contributed by atoms with van der Waals surface area (Å²) < 4.78 is 77.4. The molecule has 49 heavy (non-hydrogen) atoms. The molecule has 0 spiro atoms. The number of benzene rings is 2. The Morgan fingerprint density at radius 2 is 1.39 bits per heavy atom. The number of nitrogens with zero attached hydrogens (tertiary/aromatic N) is 3. The molecule has 2 N–H and O–H groups in total. The van der Waals surface area contributed by atoms with E-state index in [9.17, 15) is 41.0 Å². The van der Waals surface area contributed by atoms with Crippen molar-refractivity contribution in [2.24, 2.45) is 0 Å². The fourth-order valence-corrected chi connectivity index (χ4v) is 5.57. The number of carbonyl (C=O) groups is 2. The Hall–Kier alpha value is -4.46. The van der Waals surface area contributed by atoms with Gasteiger partial charge in [0.25, 0.3) is 5.91 Å². The predicted octanol–water partition coefficient (Wildman–Crippen LogP) is 9.42. The molecule has 1 amide bonds. The monoisotopic (exact) mass is 742 g/mol. The van der Waals surface area contributed by atoms with Crippen molar-refractivity contribution < 1.29 is 41.0 Å². The molecule has 0 saturated heterocycles. The largest absolute Gasteiger partial charge is 0.480 e. The molecule has 5 rings (SSSR count). The zero-order valence-corrected chi connectivity index (χ0v) is 27.5. The zero-order valence-electron chi connectivity index (χ0n) is 25.2. The van der Waals surface area contributed by atoms with Gasteiger partial charge in [-0.2, -0.15) is 26.3 Å². The van der Waals surface area contributed by atoms with Crippen molar-refractivity contribution in [2.45, 2.75) is 38.7 Å². The zero-order chi connectivity index (χ0) is 36.3. The summed E-state index contributed by atoms with van der Waals surface area (Å²) in [5, 5.41) is 12.3. The van der Waals surface area contributed by atoms with Crippen molar-refractivity contribution in [3.05, 3.63) is 122 Å². The summed E-state index contributed by atoms with van der Waals surface area (Å²) in [4.78, 5) is 36.7. The molecule has 3 aromatic heterocycles. The lowest BCUT2D eigenvalue weighted by Gasteiger charge is -2.18. The number of amides is 1. The van der Waals surface area contributed by atoms with E-state index in [0.717, 1.165) is 12.1 Å². The SMILES string of the molecule is Cc1ccc(C(F)(F)F)c(-c2ccc(C[C@H](NC(=O)c3c(Cl)cccc3Cl)C(=O)O)c3cccnc23)n1.Cc1ccc(C(F)(F)F)c(Cl)n1. The Bertz CT molecular complexity index is 2020. The van der Waals surface area contributed by atoms with Crippen LogP contribution in [-0.2, 0) is 23.6 Å². The second kappa shape index (κ2) is 15.0. The fourth-order valence-electron chi connectivity index (χ4n) is 4.69. The number of fused-ring (bicyclic) bond motifs is 1. The highest BCUT2D eigenvalue weighted by atomic mass is 35.5. The van der Waals surface area contributed by atoms with Crippen LogP contribution in [0, 0.1) is 13.8 Å². The Morgan fingerprint density at radius 1 is 0.796 bits per heavy atom. The average Bonchev–Trinajstić information content (AvgIpc) is 2.99. The number of halogens is 9. The molecule has 0 bridgehead atoms. The lowest BCUT2D eigenvalue weighted by molar-refractivity contribution is -0.139. The minimum Gasteiger partial charge on any atom is -0.480 e. The van der Waals surface area contributed by atoms with Crippen LogP contribution in [0.2, 0.25) is 15.2 Å². The molecule has 256 valence electrons. The first-order valence-electron chi connectivity index (χ1n) is 14.0. The number of rotatable bonds is 6. The van der Waals surface area contributed by atoms with E-state index >= 15 is 0 Å². The van der Waals surface area contributed by atoms with Gasteiger partial charge in [0.1, 0.15) is 11.2 Å².